The predicted octanol–water partition coefficient (Wildman–Crippen LogP) is 4.05. The zero-order valence-electron chi connectivity index (χ0n) is 20.9. The molecule has 0 bridgehead atoms. The van der Waals surface area contributed by atoms with E-state index < -0.39 is 20.9 Å². The number of sulfone groups is 1. The lowest BCUT2D eigenvalue weighted by Crippen LogP contribution is -2.52. The first-order chi connectivity index (χ1) is 17.2. The third-order valence-electron chi connectivity index (χ3n) is 8.22. The monoisotopic (exact) mass is 507 g/mol. The van der Waals surface area contributed by atoms with Gasteiger partial charge in [0, 0.05) is 24.5 Å². The molecule has 2 heterocycles. The van der Waals surface area contributed by atoms with E-state index in [1.165, 1.54) is 5.56 Å². The number of benzene rings is 3. The minimum Gasteiger partial charge on any atom is -0.497 e. The summed E-state index contributed by atoms with van der Waals surface area (Å²) in [5, 5.41) is 12.9. The molecular weight excluding hydrogens is 474 g/mol. The summed E-state index contributed by atoms with van der Waals surface area (Å²) >= 11 is 0. The number of likely N-dealkylation sites (tertiary alicyclic amines) is 1. The number of ether oxygens (including phenoxy) is 2. The van der Waals surface area contributed by atoms with Crippen LogP contribution in [0.4, 0.5) is 0 Å². The molecule has 0 unspecified atom stereocenters. The normalized spacial score (nSPS) is 24.3. The summed E-state index contributed by atoms with van der Waals surface area (Å²) in [6, 6.07) is 25.0. The third-order valence-corrected chi connectivity index (χ3v) is 10.1. The molecule has 1 N–H and O–H groups in total. The Kier molecular flexibility index (Phi) is 6.35. The molecule has 2 fully saturated rings. The van der Waals surface area contributed by atoms with E-state index in [1.807, 2.05) is 66.7 Å². The molecule has 5 rings (SSSR count). The van der Waals surface area contributed by atoms with Crippen molar-refractivity contribution in [2.75, 3.05) is 38.8 Å². The van der Waals surface area contributed by atoms with Crippen LogP contribution in [0.1, 0.15) is 29.7 Å². The highest BCUT2D eigenvalue weighted by Crippen LogP contribution is 2.58. The summed E-state index contributed by atoms with van der Waals surface area (Å²) in [6.45, 7) is 3.21. The molecule has 3 aromatic rings. The smallest absolute Gasteiger partial charge is 0.151 e. The summed E-state index contributed by atoms with van der Waals surface area (Å²) in [4.78, 5) is 2.33. The summed E-state index contributed by atoms with van der Waals surface area (Å²) in [5.41, 5.74) is 0.0330. The zero-order valence-corrected chi connectivity index (χ0v) is 21.7. The summed E-state index contributed by atoms with van der Waals surface area (Å²) in [6.07, 6.45) is 0. The van der Waals surface area contributed by atoms with Gasteiger partial charge in [-0.2, -0.15) is 0 Å². The average molecular weight is 508 g/mol. The van der Waals surface area contributed by atoms with Gasteiger partial charge in [0.1, 0.15) is 17.1 Å². The Morgan fingerprint density at radius 3 is 1.94 bits per heavy atom. The summed E-state index contributed by atoms with van der Waals surface area (Å²) in [5.74, 6) is 1.13. The van der Waals surface area contributed by atoms with Gasteiger partial charge in [0.15, 0.2) is 9.84 Å². The maximum atomic E-state index is 13.1. The van der Waals surface area contributed by atoms with Crippen LogP contribution in [0, 0.1) is 11.3 Å². The second-order valence-corrected chi connectivity index (χ2v) is 12.2. The number of rotatable bonds is 7. The van der Waals surface area contributed by atoms with E-state index in [1.54, 1.807) is 14.2 Å². The molecule has 190 valence electrons. The Morgan fingerprint density at radius 2 is 1.44 bits per heavy atom. The summed E-state index contributed by atoms with van der Waals surface area (Å²) in [7, 11) is -0.139. The van der Waals surface area contributed by atoms with Crippen molar-refractivity contribution in [1.29, 1.82) is 0 Å². The molecule has 3 aromatic carbocycles. The fourth-order valence-electron chi connectivity index (χ4n) is 6.31. The Morgan fingerprint density at radius 1 is 0.917 bits per heavy atom. The van der Waals surface area contributed by atoms with Crippen molar-refractivity contribution in [3.63, 3.8) is 0 Å². The van der Waals surface area contributed by atoms with Crippen molar-refractivity contribution in [2.24, 2.45) is 11.3 Å². The van der Waals surface area contributed by atoms with Gasteiger partial charge in [-0.3, -0.25) is 4.90 Å². The van der Waals surface area contributed by atoms with Crippen molar-refractivity contribution >= 4 is 9.84 Å². The highest BCUT2D eigenvalue weighted by Gasteiger charge is 2.66. The topological polar surface area (TPSA) is 76.1 Å². The van der Waals surface area contributed by atoms with Crippen LogP contribution < -0.4 is 9.47 Å². The van der Waals surface area contributed by atoms with Gasteiger partial charge in [-0.15, -0.1) is 0 Å². The van der Waals surface area contributed by atoms with Crippen molar-refractivity contribution in [3.05, 3.63) is 95.6 Å². The Hall–Kier alpha value is -2.87. The van der Waals surface area contributed by atoms with Gasteiger partial charge in [0.2, 0.25) is 0 Å². The zero-order chi connectivity index (χ0) is 25.6. The largest absolute Gasteiger partial charge is 0.497 e. The molecule has 6 nitrogen and oxygen atoms in total. The lowest BCUT2D eigenvalue weighted by molar-refractivity contribution is -0.0540. The van der Waals surface area contributed by atoms with Crippen molar-refractivity contribution in [3.8, 4) is 11.5 Å². The maximum Gasteiger partial charge on any atom is 0.151 e. The van der Waals surface area contributed by atoms with Crippen LogP contribution in [0.2, 0.25) is 0 Å². The highest BCUT2D eigenvalue weighted by atomic mass is 32.2. The molecule has 0 radical (unpaired) electrons. The molecule has 2 aliphatic heterocycles. The Balaban J connectivity index is 1.66. The molecule has 2 saturated heterocycles. The SMILES string of the molecule is COc1ccc(C(O)(c2ccc(OC)cc2)[C@@]23CN([C@H](C)c4ccccc4)C[C@@H]2CS(=O)(=O)C3)cc1. The van der Waals surface area contributed by atoms with Gasteiger partial charge in [-0.25, -0.2) is 8.42 Å². The number of fused-ring (bicyclic) bond motifs is 1. The average Bonchev–Trinajstić information content (AvgIpc) is 3.38. The van der Waals surface area contributed by atoms with E-state index in [9.17, 15) is 13.5 Å². The molecule has 2 aliphatic rings. The summed E-state index contributed by atoms with van der Waals surface area (Å²) < 4.78 is 37.0. The maximum absolute atomic E-state index is 13.1. The minimum atomic E-state index is -3.34. The van der Waals surface area contributed by atoms with Crippen molar-refractivity contribution in [1.82, 2.24) is 4.90 Å². The second kappa shape index (κ2) is 9.21. The van der Waals surface area contributed by atoms with Gasteiger partial charge in [-0.1, -0.05) is 54.6 Å². The van der Waals surface area contributed by atoms with E-state index in [0.717, 1.165) is 0 Å². The number of methoxy groups -OCH3 is 2. The molecule has 0 saturated carbocycles. The van der Waals surface area contributed by atoms with Crippen molar-refractivity contribution in [2.45, 2.75) is 18.6 Å². The van der Waals surface area contributed by atoms with Crippen LogP contribution in [0.25, 0.3) is 0 Å². The fourth-order valence-corrected chi connectivity index (χ4v) is 8.78. The molecule has 36 heavy (non-hydrogen) atoms. The van der Waals surface area contributed by atoms with Gasteiger partial charge in [-0.05, 0) is 53.8 Å². The van der Waals surface area contributed by atoms with Gasteiger partial charge in [0.05, 0.1) is 25.7 Å². The Bertz CT molecular complexity index is 1260. The van der Waals surface area contributed by atoms with Crippen LogP contribution in [0.3, 0.4) is 0 Å². The van der Waals surface area contributed by atoms with Crippen LogP contribution in [0.15, 0.2) is 78.9 Å². The lowest BCUT2D eigenvalue weighted by atomic mass is 9.61. The predicted molar refractivity (Wildman–Crippen MR) is 140 cm³/mol. The van der Waals surface area contributed by atoms with E-state index in [4.69, 9.17) is 9.47 Å². The lowest BCUT2D eigenvalue weighted by Gasteiger charge is -2.46. The molecule has 3 atom stereocenters. The van der Waals surface area contributed by atoms with E-state index in [0.29, 0.717) is 35.7 Å². The van der Waals surface area contributed by atoms with Crippen LogP contribution in [-0.4, -0.2) is 57.2 Å². The van der Waals surface area contributed by atoms with Crippen LogP contribution in [-0.2, 0) is 15.4 Å². The molecule has 0 aromatic heterocycles. The van der Waals surface area contributed by atoms with Gasteiger partial charge < -0.3 is 14.6 Å². The standard InChI is InChI=1S/C29H33NO5S/c1-21(22-7-5-4-6-8-22)30-17-25-18-36(32,33)20-28(25,19-30)29(31,23-9-13-26(34-2)14-10-23)24-11-15-27(35-3)16-12-24/h4-16,21,25,31H,17-20H2,1-3H3/t21-,25-,28-/m1/s1. The first kappa shape index (κ1) is 24.8. The fraction of sp³-hybridized carbons (Fsp3) is 0.379. The van der Waals surface area contributed by atoms with E-state index in [-0.39, 0.29) is 23.5 Å². The number of aliphatic hydroxyl groups is 1. The minimum absolute atomic E-state index is 0.0691. The first-order valence-electron chi connectivity index (χ1n) is 12.2. The first-order valence-corrected chi connectivity index (χ1v) is 14.1. The Labute approximate surface area is 213 Å². The molecule has 0 amide bonds. The van der Waals surface area contributed by atoms with Crippen LogP contribution in [0.5, 0.6) is 11.5 Å². The third kappa shape index (κ3) is 3.99. The number of nitrogens with zero attached hydrogens (tertiary/aromatic N) is 1. The van der Waals surface area contributed by atoms with Gasteiger partial charge >= 0.3 is 0 Å². The quantitative estimate of drug-likeness (QED) is 0.520. The molecule has 0 spiro atoms. The molecule has 7 heteroatoms. The molecular formula is C29H33NO5S. The van der Waals surface area contributed by atoms with Crippen molar-refractivity contribution < 1.29 is 23.0 Å². The van der Waals surface area contributed by atoms with Gasteiger partial charge in [0.25, 0.3) is 0 Å². The van der Waals surface area contributed by atoms with E-state index >= 15 is 0 Å². The van der Waals surface area contributed by atoms with Crippen LogP contribution >= 0.6 is 0 Å². The highest BCUT2D eigenvalue weighted by molar-refractivity contribution is 7.91. The number of hydrogen-bond acceptors (Lipinski definition) is 6. The second-order valence-electron chi connectivity index (χ2n) is 10.1. The molecule has 0 aliphatic carbocycles. The number of hydrogen-bond donors (Lipinski definition) is 1. The van der Waals surface area contributed by atoms with E-state index in [2.05, 4.69) is 24.0 Å².